The summed E-state index contributed by atoms with van der Waals surface area (Å²) in [5.74, 6) is -2.49. The molecule has 0 heterocycles. The number of ether oxygens (including phenoxy) is 1. The van der Waals surface area contributed by atoms with Crippen LogP contribution in [0, 0.1) is 5.41 Å². The number of carbonyl (C=O) groups excluding carboxylic acids is 3. The zero-order valence-corrected chi connectivity index (χ0v) is 14.6. The van der Waals surface area contributed by atoms with Crippen LogP contribution >= 0.6 is 0 Å². The number of amides is 2. The van der Waals surface area contributed by atoms with Crippen LogP contribution in [0.1, 0.15) is 48.5 Å². The molecule has 2 atom stereocenters. The van der Waals surface area contributed by atoms with Gasteiger partial charge in [0.15, 0.2) is 5.78 Å². The lowest BCUT2D eigenvalue weighted by Crippen LogP contribution is -2.53. The van der Waals surface area contributed by atoms with Crippen LogP contribution in [0.4, 0.5) is 4.79 Å². The maximum absolute atomic E-state index is 12.4. The zero-order chi connectivity index (χ0) is 18.6. The second-order valence-electron chi connectivity index (χ2n) is 6.89. The molecule has 0 spiro atoms. The molecule has 0 aromatic carbocycles. The second-order valence-corrected chi connectivity index (χ2v) is 6.89. The van der Waals surface area contributed by atoms with E-state index in [0.717, 1.165) is 0 Å². The summed E-state index contributed by atoms with van der Waals surface area (Å²) >= 11 is 0. The SMILES string of the molecule is C[C@H](NC(=O)C(C)(C)C(=O)[C@H](C)NC(=O)OC(C)(C)C)C(=O)O. The van der Waals surface area contributed by atoms with Crippen molar-refractivity contribution in [2.45, 2.75) is 66.2 Å². The molecule has 8 heteroatoms. The molecule has 0 saturated carbocycles. The third kappa shape index (κ3) is 6.66. The standard InChI is InChI=1S/C15H26N2O6/c1-8(17-13(22)23-14(3,4)5)10(18)15(6,7)12(21)16-9(2)11(19)20/h8-9H,1-7H3,(H,16,21)(H,17,22)(H,19,20)/t8-,9-/m0/s1. The lowest BCUT2D eigenvalue weighted by molar-refractivity contribution is -0.146. The van der Waals surface area contributed by atoms with E-state index >= 15 is 0 Å². The van der Waals surface area contributed by atoms with E-state index in [4.69, 9.17) is 9.84 Å². The Morgan fingerprint density at radius 1 is 0.913 bits per heavy atom. The molecule has 0 aromatic heterocycles. The van der Waals surface area contributed by atoms with Crippen molar-refractivity contribution in [1.29, 1.82) is 0 Å². The Kier molecular flexibility index (Phi) is 6.75. The van der Waals surface area contributed by atoms with Crippen LogP contribution in [0.5, 0.6) is 0 Å². The minimum absolute atomic E-state index is 0.557. The number of Topliss-reactive ketones (excluding diaryl/α,β-unsaturated/α-hetero) is 1. The highest BCUT2D eigenvalue weighted by Gasteiger charge is 2.40. The van der Waals surface area contributed by atoms with Crippen LogP contribution in [-0.2, 0) is 19.1 Å². The Bertz CT molecular complexity index is 493. The number of carboxylic acids is 1. The van der Waals surface area contributed by atoms with Gasteiger partial charge in [0.2, 0.25) is 5.91 Å². The van der Waals surface area contributed by atoms with Gasteiger partial charge in [-0.05, 0) is 48.5 Å². The summed E-state index contributed by atoms with van der Waals surface area (Å²) < 4.78 is 5.05. The molecule has 0 aliphatic carbocycles. The predicted molar refractivity (Wildman–Crippen MR) is 82.9 cm³/mol. The minimum Gasteiger partial charge on any atom is -0.480 e. The quantitative estimate of drug-likeness (QED) is 0.627. The van der Waals surface area contributed by atoms with Crippen molar-refractivity contribution in [1.82, 2.24) is 10.6 Å². The molecule has 0 aliphatic heterocycles. The van der Waals surface area contributed by atoms with Gasteiger partial charge < -0.3 is 20.5 Å². The van der Waals surface area contributed by atoms with Gasteiger partial charge in [-0.3, -0.25) is 14.4 Å². The molecule has 0 saturated heterocycles. The number of carbonyl (C=O) groups is 4. The van der Waals surface area contributed by atoms with Gasteiger partial charge >= 0.3 is 12.1 Å². The van der Waals surface area contributed by atoms with Crippen molar-refractivity contribution >= 4 is 23.8 Å². The van der Waals surface area contributed by atoms with Crippen molar-refractivity contribution in [3.8, 4) is 0 Å². The second kappa shape index (κ2) is 7.43. The Hall–Kier alpha value is -2.12. The molecular weight excluding hydrogens is 304 g/mol. The molecule has 0 unspecified atom stereocenters. The zero-order valence-electron chi connectivity index (χ0n) is 14.6. The van der Waals surface area contributed by atoms with E-state index < -0.39 is 46.9 Å². The normalized spacial score (nSPS) is 14.4. The van der Waals surface area contributed by atoms with E-state index in [-0.39, 0.29) is 0 Å². The van der Waals surface area contributed by atoms with Crippen LogP contribution in [0.2, 0.25) is 0 Å². The summed E-state index contributed by atoms with van der Waals surface area (Å²) in [5, 5.41) is 13.4. The van der Waals surface area contributed by atoms with E-state index in [1.165, 1.54) is 27.7 Å². The summed E-state index contributed by atoms with van der Waals surface area (Å²) in [4.78, 5) is 46.9. The summed E-state index contributed by atoms with van der Waals surface area (Å²) in [6, 6.07) is -2.09. The third-order valence-electron chi connectivity index (χ3n) is 3.03. The highest BCUT2D eigenvalue weighted by Crippen LogP contribution is 2.19. The maximum Gasteiger partial charge on any atom is 0.408 e. The van der Waals surface area contributed by atoms with Crippen LogP contribution in [0.15, 0.2) is 0 Å². The topological polar surface area (TPSA) is 122 Å². The molecule has 0 radical (unpaired) electrons. The summed E-state index contributed by atoms with van der Waals surface area (Å²) in [5.41, 5.74) is -2.21. The molecule has 2 amide bonds. The number of rotatable bonds is 6. The third-order valence-corrected chi connectivity index (χ3v) is 3.03. The Labute approximate surface area is 136 Å². The van der Waals surface area contributed by atoms with E-state index in [2.05, 4.69) is 10.6 Å². The molecular formula is C15H26N2O6. The fourth-order valence-electron chi connectivity index (χ4n) is 1.64. The van der Waals surface area contributed by atoms with Crippen LogP contribution < -0.4 is 10.6 Å². The fraction of sp³-hybridized carbons (Fsp3) is 0.733. The van der Waals surface area contributed by atoms with E-state index in [1.54, 1.807) is 20.8 Å². The number of ketones is 1. The number of carboxylic acid groups (broad SMARTS) is 1. The number of aliphatic carboxylic acids is 1. The van der Waals surface area contributed by atoms with Crippen LogP contribution in [0.3, 0.4) is 0 Å². The molecule has 0 rings (SSSR count). The van der Waals surface area contributed by atoms with Crippen molar-refractivity contribution < 1.29 is 29.0 Å². The summed E-state index contributed by atoms with van der Waals surface area (Å²) in [6.07, 6.45) is -0.770. The number of hydrogen-bond donors (Lipinski definition) is 3. The van der Waals surface area contributed by atoms with Gasteiger partial charge in [0.1, 0.15) is 17.1 Å². The largest absolute Gasteiger partial charge is 0.480 e. The Balaban J connectivity index is 4.87. The first-order valence-electron chi connectivity index (χ1n) is 7.26. The molecule has 0 bridgehead atoms. The number of nitrogens with one attached hydrogen (secondary N) is 2. The number of alkyl carbamates (subject to hydrolysis) is 1. The average molecular weight is 330 g/mol. The predicted octanol–water partition coefficient (Wildman–Crippen LogP) is 1.08. The van der Waals surface area contributed by atoms with Crippen molar-refractivity contribution in [3.63, 3.8) is 0 Å². The molecule has 132 valence electrons. The van der Waals surface area contributed by atoms with Gasteiger partial charge in [-0.25, -0.2) is 4.79 Å². The molecule has 3 N–H and O–H groups in total. The van der Waals surface area contributed by atoms with Gasteiger partial charge in [0, 0.05) is 0 Å². The van der Waals surface area contributed by atoms with Crippen LogP contribution in [-0.4, -0.2) is 46.5 Å². The lowest BCUT2D eigenvalue weighted by Gasteiger charge is -2.27. The highest BCUT2D eigenvalue weighted by molar-refractivity contribution is 6.08. The molecule has 0 aromatic rings. The van der Waals surface area contributed by atoms with Crippen molar-refractivity contribution in [2.24, 2.45) is 5.41 Å². The minimum atomic E-state index is -1.50. The van der Waals surface area contributed by atoms with Crippen molar-refractivity contribution in [2.75, 3.05) is 0 Å². The van der Waals surface area contributed by atoms with Gasteiger partial charge in [0.05, 0.1) is 6.04 Å². The molecule has 8 nitrogen and oxygen atoms in total. The van der Waals surface area contributed by atoms with E-state index in [0.29, 0.717) is 0 Å². The average Bonchev–Trinajstić information content (AvgIpc) is 2.34. The van der Waals surface area contributed by atoms with Gasteiger partial charge in [0.25, 0.3) is 0 Å². The Morgan fingerprint density at radius 2 is 1.39 bits per heavy atom. The summed E-state index contributed by atoms with van der Waals surface area (Å²) in [7, 11) is 0. The maximum atomic E-state index is 12.4. The smallest absolute Gasteiger partial charge is 0.408 e. The van der Waals surface area contributed by atoms with Crippen molar-refractivity contribution in [3.05, 3.63) is 0 Å². The van der Waals surface area contributed by atoms with Gasteiger partial charge in [-0.1, -0.05) is 0 Å². The highest BCUT2D eigenvalue weighted by atomic mass is 16.6. The van der Waals surface area contributed by atoms with Gasteiger partial charge in [-0.15, -0.1) is 0 Å². The van der Waals surface area contributed by atoms with E-state index in [1.807, 2.05) is 0 Å². The Morgan fingerprint density at radius 3 is 1.78 bits per heavy atom. The van der Waals surface area contributed by atoms with Gasteiger partial charge in [-0.2, -0.15) is 0 Å². The molecule has 23 heavy (non-hydrogen) atoms. The summed E-state index contributed by atoms with van der Waals surface area (Å²) in [6.45, 7) is 10.5. The molecule has 0 aliphatic rings. The van der Waals surface area contributed by atoms with Crippen LogP contribution in [0.25, 0.3) is 0 Å². The first kappa shape index (κ1) is 20.9. The first-order valence-corrected chi connectivity index (χ1v) is 7.26. The first-order chi connectivity index (χ1) is 10.2. The fourth-order valence-corrected chi connectivity index (χ4v) is 1.64. The number of hydrogen-bond acceptors (Lipinski definition) is 5. The van der Waals surface area contributed by atoms with E-state index in [9.17, 15) is 19.2 Å². The monoisotopic (exact) mass is 330 g/mol. The lowest BCUT2D eigenvalue weighted by atomic mass is 9.83. The molecule has 0 fully saturated rings.